The molecule has 0 atom stereocenters. The molecule has 0 aliphatic heterocycles. The number of hydrogen-bond acceptors (Lipinski definition) is 3. The van der Waals surface area contributed by atoms with Gasteiger partial charge in [0.05, 0.1) is 24.1 Å². The Morgan fingerprint density at radius 3 is 2.69 bits per heavy atom. The van der Waals surface area contributed by atoms with Crippen LogP contribution in [-0.2, 0) is 17.9 Å². The molecule has 7 heteroatoms. The van der Waals surface area contributed by atoms with Crippen molar-refractivity contribution in [1.29, 1.82) is 0 Å². The van der Waals surface area contributed by atoms with E-state index in [0.717, 1.165) is 27.9 Å². The van der Waals surface area contributed by atoms with Gasteiger partial charge in [0.15, 0.2) is 0 Å². The van der Waals surface area contributed by atoms with Crippen LogP contribution in [-0.4, -0.2) is 27.9 Å². The summed E-state index contributed by atoms with van der Waals surface area (Å²) >= 11 is 3.32. The maximum absolute atomic E-state index is 12.1. The van der Waals surface area contributed by atoms with Gasteiger partial charge in [-0.3, -0.25) is 9.59 Å². The average Bonchev–Trinajstić information content (AvgIpc) is 3.01. The molecular formula is C19H19BrN4O2. The van der Waals surface area contributed by atoms with Crippen molar-refractivity contribution in [3.63, 3.8) is 0 Å². The summed E-state index contributed by atoms with van der Waals surface area (Å²) in [5, 5.41) is 5.42. The van der Waals surface area contributed by atoms with Crippen molar-refractivity contribution in [2.45, 2.75) is 20.0 Å². The molecule has 2 aromatic carbocycles. The third-order valence-corrected chi connectivity index (χ3v) is 4.48. The lowest BCUT2D eigenvalue weighted by atomic mass is 10.2. The molecule has 3 rings (SSSR count). The molecule has 0 fully saturated rings. The van der Waals surface area contributed by atoms with E-state index in [-0.39, 0.29) is 18.4 Å². The summed E-state index contributed by atoms with van der Waals surface area (Å²) < 4.78 is 2.88. The molecule has 0 unspecified atom stereocenters. The number of rotatable bonds is 6. The van der Waals surface area contributed by atoms with Crippen LogP contribution in [0.5, 0.6) is 0 Å². The Hall–Kier alpha value is -2.67. The molecule has 1 aromatic heterocycles. The third kappa shape index (κ3) is 4.11. The molecule has 0 spiro atoms. The third-order valence-electron chi connectivity index (χ3n) is 3.99. The van der Waals surface area contributed by atoms with Crippen molar-refractivity contribution in [3.8, 4) is 0 Å². The smallest absolute Gasteiger partial charge is 0.251 e. The summed E-state index contributed by atoms with van der Waals surface area (Å²) in [6, 6.07) is 14.9. The number of nitrogens with zero attached hydrogens (tertiary/aromatic N) is 2. The molecule has 134 valence electrons. The van der Waals surface area contributed by atoms with E-state index in [1.165, 1.54) is 0 Å². The number of halogens is 1. The second-order valence-corrected chi connectivity index (χ2v) is 6.65. The normalized spacial score (nSPS) is 10.7. The van der Waals surface area contributed by atoms with Crippen LogP contribution in [0.4, 0.5) is 0 Å². The van der Waals surface area contributed by atoms with Crippen LogP contribution in [0.2, 0.25) is 0 Å². The van der Waals surface area contributed by atoms with E-state index in [1.807, 2.05) is 37.3 Å². The number of para-hydroxylation sites is 2. The highest BCUT2D eigenvalue weighted by Gasteiger charge is 2.11. The molecule has 0 radical (unpaired) electrons. The highest BCUT2D eigenvalue weighted by Crippen LogP contribution is 2.15. The highest BCUT2D eigenvalue weighted by molar-refractivity contribution is 9.10. The second-order valence-electron chi connectivity index (χ2n) is 5.73. The van der Waals surface area contributed by atoms with Crippen molar-refractivity contribution in [3.05, 3.63) is 64.4 Å². The number of nitrogens with one attached hydrogen (secondary N) is 2. The summed E-state index contributed by atoms with van der Waals surface area (Å²) in [4.78, 5) is 28.7. The van der Waals surface area contributed by atoms with Crippen molar-refractivity contribution in [2.75, 3.05) is 6.54 Å². The van der Waals surface area contributed by atoms with Crippen LogP contribution >= 0.6 is 15.9 Å². The summed E-state index contributed by atoms with van der Waals surface area (Å²) in [7, 11) is 0. The SMILES string of the molecule is CCn1c(CNC(=O)CNC(=O)c2cccc(Br)c2)nc2ccccc21. The molecule has 6 nitrogen and oxygen atoms in total. The molecule has 26 heavy (non-hydrogen) atoms. The van der Waals surface area contributed by atoms with Crippen molar-refractivity contribution >= 4 is 38.8 Å². The Bertz CT molecular complexity index is 952. The summed E-state index contributed by atoms with van der Waals surface area (Å²) in [6.45, 7) is 3.04. The minimum absolute atomic E-state index is 0.0856. The second kappa shape index (κ2) is 8.14. The number of aromatic nitrogens is 2. The topological polar surface area (TPSA) is 76.0 Å². The lowest BCUT2D eigenvalue weighted by Crippen LogP contribution is -2.37. The minimum Gasteiger partial charge on any atom is -0.347 e. The lowest BCUT2D eigenvalue weighted by molar-refractivity contribution is -0.120. The van der Waals surface area contributed by atoms with Crippen LogP contribution in [0.3, 0.4) is 0 Å². The van der Waals surface area contributed by atoms with E-state index in [1.54, 1.807) is 18.2 Å². The fraction of sp³-hybridized carbons (Fsp3) is 0.211. The van der Waals surface area contributed by atoms with Gasteiger partial charge in [-0.05, 0) is 37.3 Å². The van der Waals surface area contributed by atoms with Crippen LogP contribution in [0, 0.1) is 0 Å². The Balaban J connectivity index is 1.57. The van der Waals surface area contributed by atoms with Gasteiger partial charge in [-0.1, -0.05) is 34.1 Å². The molecule has 0 aliphatic carbocycles. The van der Waals surface area contributed by atoms with Crippen molar-refractivity contribution in [2.24, 2.45) is 0 Å². The number of benzene rings is 2. The zero-order valence-corrected chi connectivity index (χ0v) is 15.9. The molecule has 0 saturated carbocycles. The van der Waals surface area contributed by atoms with Crippen LogP contribution in [0.15, 0.2) is 53.0 Å². The number of carbonyl (C=O) groups is 2. The van der Waals surface area contributed by atoms with E-state index >= 15 is 0 Å². The number of carbonyl (C=O) groups excluding carboxylic acids is 2. The Morgan fingerprint density at radius 1 is 1.12 bits per heavy atom. The highest BCUT2D eigenvalue weighted by atomic mass is 79.9. The Kier molecular flexibility index (Phi) is 5.68. The van der Waals surface area contributed by atoms with Crippen molar-refractivity contribution < 1.29 is 9.59 Å². The molecule has 0 bridgehead atoms. The fourth-order valence-corrected chi connectivity index (χ4v) is 3.14. The van der Waals surface area contributed by atoms with Gasteiger partial charge in [0.1, 0.15) is 5.82 Å². The Labute approximate surface area is 159 Å². The summed E-state index contributed by atoms with van der Waals surface area (Å²) in [5.41, 5.74) is 2.45. The maximum atomic E-state index is 12.1. The zero-order chi connectivity index (χ0) is 18.5. The number of hydrogen-bond donors (Lipinski definition) is 2. The van der Waals surface area contributed by atoms with E-state index in [2.05, 4.69) is 36.1 Å². The first-order chi connectivity index (χ1) is 12.6. The van der Waals surface area contributed by atoms with E-state index in [9.17, 15) is 9.59 Å². The molecule has 3 aromatic rings. The standard InChI is InChI=1S/C19H19BrN4O2/c1-2-24-16-9-4-3-8-15(16)23-17(24)11-21-18(25)12-22-19(26)13-6-5-7-14(20)10-13/h3-10H,2,11-12H2,1H3,(H,21,25)(H,22,26). The first-order valence-electron chi connectivity index (χ1n) is 8.33. The zero-order valence-electron chi connectivity index (χ0n) is 14.3. The quantitative estimate of drug-likeness (QED) is 0.650. The lowest BCUT2D eigenvalue weighted by Gasteiger charge is -2.09. The minimum atomic E-state index is -0.290. The van der Waals surface area contributed by atoms with Crippen LogP contribution in [0.25, 0.3) is 11.0 Å². The van der Waals surface area contributed by atoms with Gasteiger partial charge in [-0.2, -0.15) is 0 Å². The van der Waals surface area contributed by atoms with E-state index in [0.29, 0.717) is 12.1 Å². The molecule has 0 saturated heterocycles. The number of fused-ring (bicyclic) bond motifs is 1. The first-order valence-corrected chi connectivity index (χ1v) is 9.12. The molecule has 1 heterocycles. The van der Waals surface area contributed by atoms with Crippen LogP contribution < -0.4 is 10.6 Å². The van der Waals surface area contributed by atoms with E-state index in [4.69, 9.17) is 0 Å². The van der Waals surface area contributed by atoms with Gasteiger partial charge in [-0.25, -0.2) is 4.98 Å². The molecule has 0 aliphatic rings. The van der Waals surface area contributed by atoms with Gasteiger partial charge < -0.3 is 15.2 Å². The van der Waals surface area contributed by atoms with Gasteiger partial charge in [0.25, 0.3) is 5.91 Å². The fourth-order valence-electron chi connectivity index (χ4n) is 2.75. The van der Waals surface area contributed by atoms with Crippen LogP contribution in [0.1, 0.15) is 23.1 Å². The van der Waals surface area contributed by atoms with Gasteiger partial charge in [0.2, 0.25) is 5.91 Å². The maximum Gasteiger partial charge on any atom is 0.251 e. The largest absolute Gasteiger partial charge is 0.347 e. The predicted octanol–water partition coefficient (Wildman–Crippen LogP) is 2.86. The van der Waals surface area contributed by atoms with E-state index < -0.39 is 0 Å². The number of amides is 2. The monoisotopic (exact) mass is 414 g/mol. The predicted molar refractivity (Wildman–Crippen MR) is 104 cm³/mol. The molecular weight excluding hydrogens is 396 g/mol. The van der Waals surface area contributed by atoms with Gasteiger partial charge in [0, 0.05) is 16.6 Å². The van der Waals surface area contributed by atoms with Crippen molar-refractivity contribution in [1.82, 2.24) is 20.2 Å². The number of aryl methyl sites for hydroxylation is 1. The average molecular weight is 415 g/mol. The summed E-state index contributed by atoms with van der Waals surface area (Å²) in [5.74, 6) is 0.241. The molecule has 2 amide bonds. The molecule has 2 N–H and O–H groups in total. The first kappa shape index (κ1) is 18.1. The summed E-state index contributed by atoms with van der Waals surface area (Å²) in [6.07, 6.45) is 0. The Morgan fingerprint density at radius 2 is 1.92 bits per heavy atom. The van der Waals surface area contributed by atoms with Gasteiger partial charge in [-0.15, -0.1) is 0 Å². The number of imidazole rings is 1. The van der Waals surface area contributed by atoms with Gasteiger partial charge >= 0.3 is 0 Å².